The average Bonchev–Trinajstić information content (AvgIpc) is 2.85. The molecule has 1 amide bonds. The van der Waals surface area contributed by atoms with E-state index in [-0.39, 0.29) is 11.3 Å². The van der Waals surface area contributed by atoms with E-state index in [0.29, 0.717) is 24.3 Å². The number of fused-ring (bicyclic) bond motifs is 3. The zero-order valence-corrected chi connectivity index (χ0v) is 22.0. The zero-order chi connectivity index (χ0) is 29.1. The molecule has 4 rings (SSSR count). The fourth-order valence-electron chi connectivity index (χ4n) is 6.45. The van der Waals surface area contributed by atoms with E-state index in [4.69, 9.17) is 5.73 Å². The van der Waals surface area contributed by atoms with Gasteiger partial charge in [-0.15, -0.1) is 13.2 Å². The van der Waals surface area contributed by atoms with Crippen LogP contribution >= 0.6 is 0 Å². The molecule has 0 radical (unpaired) electrons. The quantitative estimate of drug-likeness (QED) is 0.214. The molecule has 0 aromatic heterocycles. The number of aliphatic hydroxyl groups is 4. The molecule has 0 saturated carbocycles. The number of anilines is 1. The van der Waals surface area contributed by atoms with Crippen LogP contribution in [0.1, 0.15) is 28.8 Å². The summed E-state index contributed by atoms with van der Waals surface area (Å²) in [7, 11) is 2.97. The predicted octanol–water partition coefficient (Wildman–Crippen LogP) is 0.831. The molecular weight excluding hydrogens is 506 g/mol. The Bertz CT molecular complexity index is 1350. The Kier molecular flexibility index (Phi) is 6.97. The number of hydrogen-bond acceptors (Lipinski definition) is 10. The largest absolute Gasteiger partial charge is 0.510 e. The maximum atomic E-state index is 13.9. The lowest BCUT2D eigenvalue weighted by Crippen LogP contribution is -2.68. The highest BCUT2D eigenvalue weighted by Crippen LogP contribution is 2.56. The molecular formula is C28H33N3O8. The number of likely N-dealkylation sites (N-methyl/N-ethyl adjacent to an activating group) is 1. The Morgan fingerprint density at radius 2 is 1.72 bits per heavy atom. The number of benzene rings is 1. The molecule has 0 fully saturated rings. The molecule has 0 saturated heterocycles. The van der Waals surface area contributed by atoms with Crippen LogP contribution in [-0.2, 0) is 9.59 Å². The molecule has 0 aliphatic heterocycles. The van der Waals surface area contributed by atoms with E-state index >= 15 is 0 Å². The number of phenolic OH excluding ortho intramolecular Hbond substituents is 1. The van der Waals surface area contributed by atoms with Gasteiger partial charge < -0.3 is 36.2 Å². The van der Waals surface area contributed by atoms with Gasteiger partial charge in [-0.2, -0.15) is 0 Å². The van der Waals surface area contributed by atoms with Crippen molar-refractivity contribution in [1.29, 1.82) is 0 Å². The van der Waals surface area contributed by atoms with Gasteiger partial charge >= 0.3 is 0 Å². The maximum absolute atomic E-state index is 13.9. The van der Waals surface area contributed by atoms with Gasteiger partial charge in [-0.1, -0.05) is 25.1 Å². The highest BCUT2D eigenvalue weighted by atomic mass is 16.4. The van der Waals surface area contributed by atoms with Gasteiger partial charge in [-0.05, 0) is 31.6 Å². The number of hydrogen-bond donors (Lipinski definition) is 6. The third-order valence-corrected chi connectivity index (χ3v) is 8.15. The van der Waals surface area contributed by atoms with Crippen LogP contribution in [0.15, 0.2) is 60.1 Å². The smallest absolute Gasteiger partial charge is 0.255 e. The summed E-state index contributed by atoms with van der Waals surface area (Å²) in [5.74, 6) is -9.18. The Hall–Kier alpha value is -3.93. The number of carbonyl (C=O) groups is 3. The van der Waals surface area contributed by atoms with Gasteiger partial charge in [0, 0.05) is 24.6 Å². The second kappa shape index (κ2) is 9.67. The van der Waals surface area contributed by atoms with Gasteiger partial charge in [-0.3, -0.25) is 19.3 Å². The minimum Gasteiger partial charge on any atom is -0.510 e. The summed E-state index contributed by atoms with van der Waals surface area (Å²) >= 11 is 0. The first-order chi connectivity index (χ1) is 18.3. The predicted molar refractivity (Wildman–Crippen MR) is 142 cm³/mol. The number of Topliss-reactive ketones (excluding diaryl/α,β-unsaturated/α-hetero) is 2. The van der Waals surface area contributed by atoms with Crippen LogP contribution in [0.25, 0.3) is 0 Å². The molecule has 1 aromatic carbocycles. The number of ketones is 2. The fraction of sp³-hybridized carbons (Fsp3) is 0.393. The Balaban J connectivity index is 2.00. The SMILES string of the molecule is C=CCN(CC=C)c1ccc2c(c1O)C(=O)C1=C(O)[C@]3(O)C(=O)C(C(N)=O)=C(O)[C@@H](N(C)C)[C@@H]3[C@@H](O)[C@@H]1[C@H]2C. The van der Waals surface area contributed by atoms with Gasteiger partial charge in [0.15, 0.2) is 11.4 Å². The van der Waals surface area contributed by atoms with Gasteiger partial charge in [0.2, 0.25) is 5.78 Å². The molecule has 39 heavy (non-hydrogen) atoms. The van der Waals surface area contributed by atoms with Crippen molar-refractivity contribution in [2.45, 2.75) is 30.6 Å². The van der Waals surface area contributed by atoms with Crippen LogP contribution in [0.5, 0.6) is 5.75 Å². The number of phenols is 1. The van der Waals surface area contributed by atoms with E-state index in [0.717, 1.165) is 0 Å². The number of nitrogens with two attached hydrogens (primary N) is 1. The maximum Gasteiger partial charge on any atom is 0.255 e. The zero-order valence-electron chi connectivity index (χ0n) is 22.0. The third-order valence-electron chi connectivity index (χ3n) is 8.15. The molecule has 0 spiro atoms. The third kappa shape index (κ3) is 3.72. The van der Waals surface area contributed by atoms with Crippen molar-refractivity contribution in [3.05, 3.63) is 71.2 Å². The number of primary amides is 1. The minimum atomic E-state index is -2.95. The summed E-state index contributed by atoms with van der Waals surface area (Å²) in [6.07, 6.45) is 1.58. The topological polar surface area (TPSA) is 185 Å². The number of aliphatic hydroxyl groups excluding tert-OH is 3. The molecule has 11 heteroatoms. The Morgan fingerprint density at radius 1 is 1.13 bits per heavy atom. The molecule has 0 unspecified atom stereocenters. The van der Waals surface area contributed by atoms with E-state index in [2.05, 4.69) is 13.2 Å². The summed E-state index contributed by atoms with van der Waals surface area (Å²) in [6.45, 7) is 9.75. The summed E-state index contributed by atoms with van der Waals surface area (Å²) in [6, 6.07) is 1.97. The summed E-state index contributed by atoms with van der Waals surface area (Å²) in [4.78, 5) is 42.6. The number of amides is 1. The van der Waals surface area contributed by atoms with Gasteiger partial charge in [0.25, 0.3) is 5.91 Å². The van der Waals surface area contributed by atoms with Crippen molar-refractivity contribution < 1.29 is 39.9 Å². The van der Waals surface area contributed by atoms with Crippen molar-refractivity contribution in [1.82, 2.24) is 4.90 Å². The van der Waals surface area contributed by atoms with Gasteiger partial charge in [0.05, 0.1) is 29.3 Å². The number of rotatable bonds is 7. The standard InChI is InChI=1S/C28H33N3O8/c1-6-10-31(11-7-2)14-9-8-13-12(3)15-17(22(33)16(13)21(14)32)25(36)28(39)19(23(15)34)20(30(4)5)24(35)18(26(28)37)27(29)38/h6-9,12,15,19-20,23,32,34-36,39H,1-2,10-11H2,3-5H3,(H2,29,38)/t12-,15+,19+,20-,23-,28-/m0/s1. The van der Waals surface area contributed by atoms with Gasteiger partial charge in [0.1, 0.15) is 22.8 Å². The van der Waals surface area contributed by atoms with Crippen molar-refractivity contribution in [3.8, 4) is 5.75 Å². The molecule has 3 aliphatic carbocycles. The minimum absolute atomic E-state index is 0.147. The van der Waals surface area contributed by atoms with Crippen LogP contribution in [-0.4, -0.2) is 92.8 Å². The molecule has 6 atom stereocenters. The number of carbonyl (C=O) groups excluding carboxylic acids is 3. The van der Waals surface area contributed by atoms with Crippen molar-refractivity contribution in [2.24, 2.45) is 17.6 Å². The molecule has 0 heterocycles. The fourth-order valence-corrected chi connectivity index (χ4v) is 6.45. The lowest BCUT2D eigenvalue weighted by atomic mass is 9.55. The Labute approximate surface area is 225 Å². The monoisotopic (exact) mass is 539 g/mol. The first kappa shape index (κ1) is 28.1. The summed E-state index contributed by atoms with van der Waals surface area (Å²) in [5.41, 5.74) is 1.55. The van der Waals surface area contributed by atoms with Crippen LogP contribution in [0, 0.1) is 11.8 Å². The van der Waals surface area contributed by atoms with Gasteiger partial charge in [-0.25, -0.2) is 0 Å². The van der Waals surface area contributed by atoms with Crippen LogP contribution in [0.2, 0.25) is 0 Å². The number of nitrogens with zero attached hydrogens (tertiary/aromatic N) is 2. The Morgan fingerprint density at radius 3 is 2.23 bits per heavy atom. The van der Waals surface area contributed by atoms with Crippen molar-refractivity contribution in [2.75, 3.05) is 32.1 Å². The average molecular weight is 540 g/mol. The molecule has 11 nitrogen and oxygen atoms in total. The first-order valence-corrected chi connectivity index (χ1v) is 12.4. The lowest BCUT2D eigenvalue weighted by Gasteiger charge is -2.53. The molecule has 0 bridgehead atoms. The van der Waals surface area contributed by atoms with E-state index in [1.165, 1.54) is 19.0 Å². The number of aromatic hydroxyl groups is 1. The van der Waals surface area contributed by atoms with E-state index < -0.39 is 75.6 Å². The first-order valence-electron chi connectivity index (χ1n) is 12.4. The van der Waals surface area contributed by atoms with Crippen LogP contribution < -0.4 is 10.6 Å². The second-order valence-corrected chi connectivity index (χ2v) is 10.4. The normalized spacial score (nSPS) is 30.1. The van der Waals surface area contributed by atoms with Crippen LogP contribution in [0.4, 0.5) is 5.69 Å². The van der Waals surface area contributed by atoms with Crippen molar-refractivity contribution >= 4 is 23.2 Å². The highest BCUT2D eigenvalue weighted by molar-refractivity contribution is 6.25. The molecule has 208 valence electrons. The highest BCUT2D eigenvalue weighted by Gasteiger charge is 2.67. The second-order valence-electron chi connectivity index (χ2n) is 10.4. The van der Waals surface area contributed by atoms with E-state index in [1.807, 2.05) is 0 Å². The summed E-state index contributed by atoms with van der Waals surface area (Å²) in [5, 5.41) is 57.0. The molecule has 7 N–H and O–H groups in total. The molecule has 1 aromatic rings. The lowest BCUT2D eigenvalue weighted by molar-refractivity contribution is -0.162. The van der Waals surface area contributed by atoms with E-state index in [9.17, 15) is 39.9 Å². The van der Waals surface area contributed by atoms with Crippen LogP contribution in [0.3, 0.4) is 0 Å². The summed E-state index contributed by atoms with van der Waals surface area (Å²) < 4.78 is 0. The molecule has 3 aliphatic rings. The van der Waals surface area contributed by atoms with Crippen molar-refractivity contribution in [3.63, 3.8) is 0 Å². The van der Waals surface area contributed by atoms with E-state index in [1.54, 1.807) is 36.1 Å².